The van der Waals surface area contributed by atoms with Gasteiger partial charge in [-0.25, -0.2) is 4.39 Å². The summed E-state index contributed by atoms with van der Waals surface area (Å²) in [6, 6.07) is 2.18. The number of ether oxygens (including phenoxy) is 1. The molecule has 0 atom stereocenters. The lowest BCUT2D eigenvalue weighted by molar-refractivity contribution is 0.100. The summed E-state index contributed by atoms with van der Waals surface area (Å²) < 4.78 is 20.6. The molecule has 0 aliphatic carbocycles. The zero-order valence-corrected chi connectivity index (χ0v) is 10.3. The fraction of sp³-hybridized carbons (Fsp3) is 0.167. The van der Waals surface area contributed by atoms with Crippen molar-refractivity contribution in [3.8, 4) is 11.5 Å². The van der Waals surface area contributed by atoms with E-state index in [2.05, 4.69) is 5.10 Å². The molecule has 0 aliphatic rings. The minimum Gasteiger partial charge on any atom is -0.451 e. The molecular formula is C12H13FN4O2. The van der Waals surface area contributed by atoms with Crippen molar-refractivity contribution in [2.75, 3.05) is 5.73 Å². The minimum atomic E-state index is -0.744. The number of benzene rings is 1. The van der Waals surface area contributed by atoms with Crippen LogP contribution in [0.1, 0.15) is 17.3 Å². The van der Waals surface area contributed by atoms with Crippen LogP contribution in [0.4, 0.5) is 10.1 Å². The number of hydrogen-bond donors (Lipinski definition) is 2. The Kier molecular flexibility index (Phi) is 3.37. The minimum absolute atomic E-state index is 0.0132. The van der Waals surface area contributed by atoms with E-state index in [4.69, 9.17) is 16.2 Å². The van der Waals surface area contributed by atoms with Crippen LogP contribution < -0.4 is 16.2 Å². The van der Waals surface area contributed by atoms with Gasteiger partial charge in [-0.2, -0.15) is 5.10 Å². The fourth-order valence-electron chi connectivity index (χ4n) is 1.56. The van der Waals surface area contributed by atoms with Crippen LogP contribution in [0.15, 0.2) is 24.5 Å². The number of carbonyl (C=O) groups is 1. The predicted molar refractivity (Wildman–Crippen MR) is 67.3 cm³/mol. The molecule has 2 aromatic rings. The van der Waals surface area contributed by atoms with Gasteiger partial charge in [-0.05, 0) is 13.0 Å². The van der Waals surface area contributed by atoms with Crippen LogP contribution in [-0.2, 0) is 6.54 Å². The van der Waals surface area contributed by atoms with Crippen LogP contribution in [0.25, 0.3) is 0 Å². The second-order valence-corrected chi connectivity index (χ2v) is 3.87. The van der Waals surface area contributed by atoms with E-state index in [0.29, 0.717) is 12.3 Å². The highest BCUT2D eigenvalue weighted by Gasteiger charge is 2.14. The van der Waals surface area contributed by atoms with E-state index in [0.717, 1.165) is 6.07 Å². The third kappa shape index (κ3) is 2.65. The molecule has 7 heteroatoms. The van der Waals surface area contributed by atoms with Crippen molar-refractivity contribution in [3.63, 3.8) is 0 Å². The van der Waals surface area contributed by atoms with Crippen molar-refractivity contribution in [1.82, 2.24) is 9.78 Å². The first kappa shape index (κ1) is 12.9. The molecule has 1 amide bonds. The fourth-order valence-corrected chi connectivity index (χ4v) is 1.56. The summed E-state index contributed by atoms with van der Waals surface area (Å²) in [5, 5.41) is 3.99. The van der Waals surface area contributed by atoms with Gasteiger partial charge in [0.2, 0.25) is 0 Å². The Labute approximate surface area is 108 Å². The van der Waals surface area contributed by atoms with Gasteiger partial charge in [0, 0.05) is 18.3 Å². The first-order valence-electron chi connectivity index (χ1n) is 5.60. The molecule has 4 N–H and O–H groups in total. The van der Waals surface area contributed by atoms with E-state index in [1.54, 1.807) is 10.9 Å². The normalized spacial score (nSPS) is 10.4. The largest absolute Gasteiger partial charge is 0.451 e. The number of nitrogens with zero attached hydrogens (tertiary/aromatic N) is 2. The molecule has 6 nitrogen and oxygen atoms in total. The smallest absolute Gasteiger partial charge is 0.250 e. The molecule has 0 unspecified atom stereocenters. The number of anilines is 1. The Bertz CT molecular complexity index is 624. The van der Waals surface area contributed by atoms with Crippen molar-refractivity contribution in [1.29, 1.82) is 0 Å². The molecule has 0 aliphatic heterocycles. The monoisotopic (exact) mass is 264 g/mol. The van der Waals surface area contributed by atoms with Gasteiger partial charge in [0.15, 0.2) is 17.3 Å². The lowest BCUT2D eigenvalue weighted by Crippen LogP contribution is -2.14. The molecule has 0 bridgehead atoms. The summed E-state index contributed by atoms with van der Waals surface area (Å²) in [6.45, 7) is 2.58. The number of halogens is 1. The van der Waals surface area contributed by atoms with Crippen molar-refractivity contribution < 1.29 is 13.9 Å². The first-order chi connectivity index (χ1) is 9.01. The second kappa shape index (κ2) is 4.97. The lowest BCUT2D eigenvalue weighted by Gasteiger charge is -2.08. The zero-order chi connectivity index (χ0) is 14.0. The van der Waals surface area contributed by atoms with Crippen LogP contribution in [0.2, 0.25) is 0 Å². The van der Waals surface area contributed by atoms with Crippen molar-refractivity contribution in [2.24, 2.45) is 5.73 Å². The van der Waals surface area contributed by atoms with Gasteiger partial charge in [0.05, 0.1) is 18.0 Å². The molecule has 1 aromatic carbocycles. The molecular weight excluding hydrogens is 251 g/mol. The molecule has 1 aromatic heterocycles. The summed E-state index contributed by atoms with van der Waals surface area (Å²) in [5.74, 6) is -1.18. The number of hydrogen-bond acceptors (Lipinski definition) is 4. The average Bonchev–Trinajstić information content (AvgIpc) is 2.80. The van der Waals surface area contributed by atoms with Gasteiger partial charge in [0.25, 0.3) is 5.91 Å². The van der Waals surface area contributed by atoms with Crippen LogP contribution in [0, 0.1) is 5.82 Å². The van der Waals surface area contributed by atoms with E-state index in [9.17, 15) is 9.18 Å². The number of carbonyl (C=O) groups excluding carboxylic acids is 1. The number of rotatable bonds is 4. The summed E-state index contributed by atoms with van der Waals surface area (Å²) in [7, 11) is 0. The molecule has 19 heavy (non-hydrogen) atoms. The molecule has 1 heterocycles. The van der Waals surface area contributed by atoms with E-state index >= 15 is 0 Å². The predicted octanol–water partition coefficient (Wildman–Crippen LogP) is 1.52. The number of nitrogen functional groups attached to an aromatic ring is 1. The summed E-state index contributed by atoms with van der Waals surface area (Å²) >= 11 is 0. The van der Waals surface area contributed by atoms with Crippen molar-refractivity contribution in [2.45, 2.75) is 13.5 Å². The highest BCUT2D eigenvalue weighted by molar-refractivity contribution is 5.98. The number of aromatic nitrogens is 2. The Morgan fingerprint density at radius 1 is 1.53 bits per heavy atom. The maximum atomic E-state index is 13.7. The Morgan fingerprint density at radius 2 is 2.26 bits per heavy atom. The summed E-state index contributed by atoms with van der Waals surface area (Å²) in [6.07, 6.45) is 3.06. The van der Waals surface area contributed by atoms with Gasteiger partial charge < -0.3 is 16.2 Å². The van der Waals surface area contributed by atoms with Gasteiger partial charge in [-0.15, -0.1) is 0 Å². The highest BCUT2D eigenvalue weighted by atomic mass is 19.1. The van der Waals surface area contributed by atoms with E-state index in [-0.39, 0.29) is 17.0 Å². The summed E-state index contributed by atoms with van der Waals surface area (Å²) in [4.78, 5) is 11.1. The molecule has 2 rings (SSSR count). The Balaban J connectivity index is 2.34. The number of aryl methyl sites for hydroxylation is 1. The van der Waals surface area contributed by atoms with Crippen molar-refractivity contribution >= 4 is 11.6 Å². The molecule has 0 saturated heterocycles. The Morgan fingerprint density at radius 3 is 2.84 bits per heavy atom. The highest BCUT2D eigenvalue weighted by Crippen LogP contribution is 2.28. The molecule has 0 saturated carbocycles. The molecule has 100 valence electrons. The SMILES string of the molecule is CCn1cc(Oc2cc(C(N)=O)c(N)cc2F)cn1. The third-order valence-corrected chi connectivity index (χ3v) is 2.53. The van der Waals surface area contributed by atoms with Crippen LogP contribution in [-0.4, -0.2) is 15.7 Å². The topological polar surface area (TPSA) is 96.2 Å². The second-order valence-electron chi connectivity index (χ2n) is 3.87. The maximum absolute atomic E-state index is 13.7. The number of nitrogens with two attached hydrogens (primary N) is 2. The van der Waals surface area contributed by atoms with E-state index in [1.165, 1.54) is 12.3 Å². The quantitative estimate of drug-likeness (QED) is 0.818. The van der Waals surface area contributed by atoms with E-state index < -0.39 is 11.7 Å². The van der Waals surface area contributed by atoms with Gasteiger partial charge in [-0.1, -0.05) is 0 Å². The lowest BCUT2D eigenvalue weighted by atomic mass is 10.1. The van der Waals surface area contributed by atoms with Gasteiger partial charge in [-0.3, -0.25) is 9.48 Å². The van der Waals surface area contributed by atoms with Crippen molar-refractivity contribution in [3.05, 3.63) is 35.9 Å². The molecule has 0 fully saturated rings. The average molecular weight is 264 g/mol. The van der Waals surface area contributed by atoms with Gasteiger partial charge >= 0.3 is 0 Å². The zero-order valence-electron chi connectivity index (χ0n) is 10.3. The summed E-state index contributed by atoms with van der Waals surface area (Å²) in [5.41, 5.74) is 10.6. The van der Waals surface area contributed by atoms with E-state index in [1.807, 2.05) is 6.92 Å². The number of primary amides is 1. The Hall–Kier alpha value is -2.57. The van der Waals surface area contributed by atoms with Gasteiger partial charge in [0.1, 0.15) is 0 Å². The first-order valence-corrected chi connectivity index (χ1v) is 5.60. The van der Waals surface area contributed by atoms with Crippen LogP contribution in [0.5, 0.6) is 11.5 Å². The standard InChI is InChI=1S/C12H13FN4O2/c1-2-17-6-7(5-16-17)19-11-3-8(12(15)18)10(14)4-9(11)13/h3-6H,2,14H2,1H3,(H2,15,18). The third-order valence-electron chi connectivity index (χ3n) is 2.53. The van der Waals surface area contributed by atoms with Crippen LogP contribution in [0.3, 0.4) is 0 Å². The maximum Gasteiger partial charge on any atom is 0.250 e. The van der Waals surface area contributed by atoms with Crippen LogP contribution >= 0.6 is 0 Å². The number of amides is 1. The molecule has 0 spiro atoms. The molecule has 0 radical (unpaired) electrons.